The number of carbonyl (C=O) groups excluding carboxylic acids is 2. The highest BCUT2D eigenvalue weighted by molar-refractivity contribution is 6.01. The lowest BCUT2D eigenvalue weighted by molar-refractivity contribution is -0.146. The summed E-state index contributed by atoms with van der Waals surface area (Å²) in [5.41, 5.74) is 0.660. The number of ether oxygens (including phenoxy) is 1. The van der Waals surface area contributed by atoms with Crippen molar-refractivity contribution in [3.63, 3.8) is 0 Å². The third kappa shape index (κ3) is 3.45. The molecule has 1 aromatic carbocycles. The number of anilines is 1. The second-order valence-corrected chi connectivity index (χ2v) is 6.54. The first-order valence-corrected chi connectivity index (χ1v) is 8.46. The number of likely N-dealkylation sites (tertiary alicyclic amines) is 1. The fourth-order valence-corrected chi connectivity index (χ4v) is 3.60. The molecule has 0 spiro atoms. The van der Waals surface area contributed by atoms with Gasteiger partial charge in [-0.25, -0.2) is 0 Å². The normalized spacial score (nSPS) is 23.6. The number of piperidine rings is 1. The Labute approximate surface area is 146 Å². The Morgan fingerprint density at radius 3 is 2.68 bits per heavy atom. The van der Waals surface area contributed by atoms with Crippen LogP contribution in [0.15, 0.2) is 24.3 Å². The maximum Gasteiger partial charge on any atom is 0.308 e. The van der Waals surface area contributed by atoms with Gasteiger partial charge >= 0.3 is 5.97 Å². The van der Waals surface area contributed by atoms with Crippen LogP contribution < -0.4 is 9.64 Å². The number of amides is 2. The largest absolute Gasteiger partial charge is 0.495 e. The Balaban J connectivity index is 1.71. The zero-order valence-corrected chi connectivity index (χ0v) is 14.2. The van der Waals surface area contributed by atoms with Gasteiger partial charge in [-0.15, -0.1) is 0 Å². The zero-order valence-electron chi connectivity index (χ0n) is 14.2. The maximum atomic E-state index is 12.8. The van der Waals surface area contributed by atoms with E-state index in [-0.39, 0.29) is 24.8 Å². The summed E-state index contributed by atoms with van der Waals surface area (Å²) in [6, 6.07) is 7.22. The van der Waals surface area contributed by atoms with E-state index in [2.05, 4.69) is 0 Å². The number of carboxylic acid groups (broad SMARTS) is 1. The molecule has 2 atom stereocenters. The number of aliphatic carboxylic acids is 1. The van der Waals surface area contributed by atoms with Gasteiger partial charge in [0.2, 0.25) is 11.8 Å². The fourth-order valence-electron chi connectivity index (χ4n) is 3.60. The van der Waals surface area contributed by atoms with Gasteiger partial charge in [-0.05, 0) is 25.0 Å². The summed E-state index contributed by atoms with van der Waals surface area (Å²) in [5, 5.41) is 9.18. The van der Waals surface area contributed by atoms with E-state index in [1.54, 1.807) is 29.0 Å². The number of hydrogen-bond acceptors (Lipinski definition) is 4. The third-order valence-electron chi connectivity index (χ3n) is 4.93. The topological polar surface area (TPSA) is 87.2 Å². The van der Waals surface area contributed by atoms with Crippen molar-refractivity contribution in [2.75, 3.05) is 31.6 Å². The molecule has 1 unspecified atom stereocenters. The zero-order chi connectivity index (χ0) is 18.0. The molecule has 7 nitrogen and oxygen atoms in total. The summed E-state index contributed by atoms with van der Waals surface area (Å²) < 4.78 is 5.30. The molecule has 25 heavy (non-hydrogen) atoms. The van der Waals surface area contributed by atoms with Crippen LogP contribution in [0, 0.1) is 11.8 Å². The van der Waals surface area contributed by atoms with Gasteiger partial charge in [-0.1, -0.05) is 12.1 Å². The average molecular weight is 346 g/mol. The van der Waals surface area contributed by atoms with Gasteiger partial charge in [-0.3, -0.25) is 14.4 Å². The minimum atomic E-state index is -0.865. The number of carbonyl (C=O) groups is 3. The molecule has 7 heteroatoms. The molecule has 1 aromatic rings. The fraction of sp³-hybridized carbons (Fsp3) is 0.500. The summed E-state index contributed by atoms with van der Waals surface area (Å²) in [4.78, 5) is 39.6. The first kappa shape index (κ1) is 17.3. The quantitative estimate of drug-likeness (QED) is 0.890. The van der Waals surface area contributed by atoms with E-state index < -0.39 is 17.8 Å². The third-order valence-corrected chi connectivity index (χ3v) is 4.93. The van der Waals surface area contributed by atoms with Crippen molar-refractivity contribution in [1.82, 2.24) is 4.90 Å². The molecule has 0 bridgehead atoms. The Morgan fingerprint density at radius 2 is 1.96 bits per heavy atom. The molecule has 0 aliphatic carbocycles. The molecular weight excluding hydrogens is 324 g/mol. The van der Waals surface area contributed by atoms with E-state index in [0.29, 0.717) is 37.4 Å². The van der Waals surface area contributed by atoms with Crippen molar-refractivity contribution >= 4 is 23.5 Å². The highest BCUT2D eigenvalue weighted by Gasteiger charge is 2.39. The van der Waals surface area contributed by atoms with E-state index in [4.69, 9.17) is 4.74 Å². The van der Waals surface area contributed by atoms with Crippen molar-refractivity contribution in [2.45, 2.75) is 19.3 Å². The SMILES string of the molecule is COc1ccccc1N1CC(C(=O)N2CCC[C@H](C(=O)O)C2)CC1=O. The van der Waals surface area contributed by atoms with E-state index in [1.165, 1.54) is 0 Å². The van der Waals surface area contributed by atoms with Gasteiger partial charge in [0.25, 0.3) is 0 Å². The summed E-state index contributed by atoms with van der Waals surface area (Å²) in [6.45, 7) is 1.09. The van der Waals surface area contributed by atoms with Crippen LogP contribution in [0.5, 0.6) is 5.75 Å². The first-order valence-electron chi connectivity index (χ1n) is 8.46. The molecule has 2 amide bonds. The number of para-hydroxylation sites is 2. The van der Waals surface area contributed by atoms with Crippen LogP contribution in [0.2, 0.25) is 0 Å². The van der Waals surface area contributed by atoms with E-state index >= 15 is 0 Å². The van der Waals surface area contributed by atoms with Crippen molar-refractivity contribution in [1.29, 1.82) is 0 Å². The van der Waals surface area contributed by atoms with Gasteiger partial charge < -0.3 is 19.6 Å². The van der Waals surface area contributed by atoms with Crippen LogP contribution in [-0.4, -0.2) is 54.5 Å². The summed E-state index contributed by atoms with van der Waals surface area (Å²) in [7, 11) is 1.54. The van der Waals surface area contributed by atoms with Gasteiger partial charge in [-0.2, -0.15) is 0 Å². The molecule has 0 radical (unpaired) electrons. The number of hydrogen-bond donors (Lipinski definition) is 1. The van der Waals surface area contributed by atoms with Crippen LogP contribution >= 0.6 is 0 Å². The predicted molar refractivity (Wildman–Crippen MR) is 90.4 cm³/mol. The Bertz CT molecular complexity index is 690. The maximum absolute atomic E-state index is 12.8. The van der Waals surface area contributed by atoms with E-state index in [0.717, 1.165) is 0 Å². The molecule has 3 rings (SSSR count). The van der Waals surface area contributed by atoms with Gasteiger partial charge in [0, 0.05) is 26.1 Å². The lowest BCUT2D eigenvalue weighted by Gasteiger charge is -2.32. The number of carboxylic acids is 1. The predicted octanol–water partition coefficient (Wildman–Crippen LogP) is 1.37. The molecule has 2 aliphatic rings. The number of benzene rings is 1. The smallest absolute Gasteiger partial charge is 0.308 e. The summed E-state index contributed by atoms with van der Waals surface area (Å²) in [6.07, 6.45) is 1.42. The number of rotatable bonds is 4. The molecule has 2 heterocycles. The molecule has 2 saturated heterocycles. The van der Waals surface area contributed by atoms with Crippen LogP contribution in [0.1, 0.15) is 19.3 Å². The van der Waals surface area contributed by atoms with Gasteiger partial charge in [0.05, 0.1) is 24.6 Å². The van der Waals surface area contributed by atoms with E-state index in [9.17, 15) is 19.5 Å². The highest BCUT2D eigenvalue weighted by atomic mass is 16.5. The van der Waals surface area contributed by atoms with Crippen molar-refractivity contribution in [3.8, 4) is 5.75 Å². The lowest BCUT2D eigenvalue weighted by atomic mass is 9.96. The second kappa shape index (κ2) is 7.13. The van der Waals surface area contributed by atoms with Gasteiger partial charge in [0.1, 0.15) is 5.75 Å². The highest BCUT2D eigenvalue weighted by Crippen LogP contribution is 2.33. The molecular formula is C18H22N2O5. The second-order valence-electron chi connectivity index (χ2n) is 6.54. The van der Waals surface area contributed by atoms with Crippen molar-refractivity contribution in [3.05, 3.63) is 24.3 Å². The Morgan fingerprint density at radius 1 is 1.20 bits per heavy atom. The van der Waals surface area contributed by atoms with E-state index in [1.807, 2.05) is 12.1 Å². The molecule has 1 N–H and O–H groups in total. The van der Waals surface area contributed by atoms with Crippen molar-refractivity contribution in [2.24, 2.45) is 11.8 Å². The minimum absolute atomic E-state index is 0.116. The van der Waals surface area contributed by atoms with Gasteiger partial charge in [0.15, 0.2) is 0 Å². The summed E-state index contributed by atoms with van der Waals surface area (Å²) >= 11 is 0. The standard InChI is InChI=1S/C18H22N2O5/c1-25-15-7-3-2-6-14(15)20-11-13(9-16(20)21)17(22)19-8-4-5-12(10-19)18(23)24/h2-3,6-7,12-13H,4-5,8-11H2,1H3,(H,23,24)/t12-,13?/m0/s1. The molecule has 2 fully saturated rings. The average Bonchev–Trinajstić information content (AvgIpc) is 3.02. The molecule has 0 aromatic heterocycles. The Hall–Kier alpha value is -2.57. The molecule has 2 aliphatic heterocycles. The van der Waals surface area contributed by atoms with Crippen LogP contribution in [0.25, 0.3) is 0 Å². The molecule has 134 valence electrons. The number of nitrogens with zero attached hydrogens (tertiary/aromatic N) is 2. The van der Waals surface area contributed by atoms with Crippen LogP contribution in [0.4, 0.5) is 5.69 Å². The first-order chi connectivity index (χ1) is 12.0. The van der Waals surface area contributed by atoms with Crippen molar-refractivity contribution < 1.29 is 24.2 Å². The van der Waals surface area contributed by atoms with Crippen LogP contribution in [0.3, 0.4) is 0 Å². The lowest BCUT2D eigenvalue weighted by Crippen LogP contribution is -2.45. The van der Waals surface area contributed by atoms with Crippen LogP contribution in [-0.2, 0) is 14.4 Å². The minimum Gasteiger partial charge on any atom is -0.495 e. The number of methoxy groups -OCH3 is 1. The Kier molecular flexibility index (Phi) is 4.92. The molecule has 0 saturated carbocycles. The summed E-state index contributed by atoms with van der Waals surface area (Å²) in [5.74, 6) is -1.47. The monoisotopic (exact) mass is 346 g/mol.